The van der Waals surface area contributed by atoms with Crippen LogP contribution in [0.1, 0.15) is 56.3 Å². The molecule has 0 aromatic heterocycles. The average molecular weight is 263 g/mol. The summed E-state index contributed by atoms with van der Waals surface area (Å²) in [6, 6.07) is 4.51. The number of hydrogen-bond acceptors (Lipinski definition) is 3. The second-order valence-electron chi connectivity index (χ2n) is 4.65. The first-order valence-corrected chi connectivity index (χ1v) is 6.68. The summed E-state index contributed by atoms with van der Waals surface area (Å²) in [5.41, 5.74) is 0.771. The molecule has 1 aromatic carbocycles. The molecular weight excluding hydrogens is 242 g/mol. The molecule has 0 heterocycles. The molecular formula is C15H21NO3. The van der Waals surface area contributed by atoms with Crippen LogP contribution in [0.4, 0.5) is 5.69 Å². The Morgan fingerprint density at radius 3 is 2.58 bits per heavy atom. The van der Waals surface area contributed by atoms with E-state index < -0.39 is 0 Å². The highest BCUT2D eigenvalue weighted by molar-refractivity contribution is 5.99. The maximum atomic E-state index is 11.7. The predicted octanol–water partition coefficient (Wildman–Crippen LogP) is 3.50. The van der Waals surface area contributed by atoms with Crippen molar-refractivity contribution < 1.29 is 14.7 Å². The Morgan fingerprint density at radius 1 is 1.21 bits per heavy atom. The molecule has 0 fully saturated rings. The molecule has 0 aliphatic rings. The van der Waals surface area contributed by atoms with E-state index in [0.29, 0.717) is 12.1 Å². The van der Waals surface area contributed by atoms with Gasteiger partial charge in [0.25, 0.3) is 0 Å². The van der Waals surface area contributed by atoms with Crippen molar-refractivity contribution in [2.75, 3.05) is 5.32 Å². The van der Waals surface area contributed by atoms with Crippen molar-refractivity contribution >= 4 is 17.4 Å². The molecule has 4 heteroatoms. The van der Waals surface area contributed by atoms with Crippen LogP contribution in [0.3, 0.4) is 0 Å². The lowest BCUT2D eigenvalue weighted by Gasteiger charge is -2.07. The van der Waals surface area contributed by atoms with Crippen molar-refractivity contribution in [3.63, 3.8) is 0 Å². The molecule has 0 atom stereocenters. The Bertz CT molecular complexity index is 455. The highest BCUT2D eigenvalue weighted by atomic mass is 16.3. The number of carbonyl (C=O) groups is 2. The Hall–Kier alpha value is -1.84. The number of amides is 1. The second-order valence-corrected chi connectivity index (χ2v) is 4.65. The summed E-state index contributed by atoms with van der Waals surface area (Å²) in [5.74, 6) is -0.346. The Morgan fingerprint density at radius 2 is 1.95 bits per heavy atom. The van der Waals surface area contributed by atoms with Crippen molar-refractivity contribution in [3.05, 3.63) is 23.8 Å². The summed E-state index contributed by atoms with van der Waals surface area (Å²) in [4.78, 5) is 23.0. The lowest BCUT2D eigenvalue weighted by Crippen LogP contribution is -2.11. The van der Waals surface area contributed by atoms with E-state index in [4.69, 9.17) is 0 Å². The summed E-state index contributed by atoms with van der Waals surface area (Å²) < 4.78 is 0. The number of unbranched alkanes of at least 4 members (excludes halogenated alkanes) is 3. The lowest BCUT2D eigenvalue weighted by molar-refractivity contribution is -0.116. The number of rotatable bonds is 7. The molecule has 1 amide bonds. The van der Waals surface area contributed by atoms with Gasteiger partial charge in [0.15, 0.2) is 5.78 Å². The molecule has 104 valence electrons. The Labute approximate surface area is 113 Å². The summed E-state index contributed by atoms with van der Waals surface area (Å²) in [7, 11) is 0. The van der Waals surface area contributed by atoms with Crippen molar-refractivity contribution in [3.8, 4) is 5.75 Å². The molecule has 0 saturated carbocycles. The van der Waals surface area contributed by atoms with Gasteiger partial charge in [-0.15, -0.1) is 0 Å². The van der Waals surface area contributed by atoms with Gasteiger partial charge >= 0.3 is 0 Å². The number of aromatic hydroxyl groups is 1. The van der Waals surface area contributed by atoms with Gasteiger partial charge in [-0.3, -0.25) is 9.59 Å². The molecule has 0 unspecified atom stereocenters. The minimum absolute atomic E-state index is 0.0590. The Balaban J connectivity index is 2.55. The van der Waals surface area contributed by atoms with Crippen molar-refractivity contribution in [1.82, 2.24) is 0 Å². The van der Waals surface area contributed by atoms with Crippen LogP contribution in [-0.2, 0) is 4.79 Å². The molecule has 2 N–H and O–H groups in total. The van der Waals surface area contributed by atoms with Crippen LogP contribution in [0, 0.1) is 0 Å². The van der Waals surface area contributed by atoms with E-state index in [9.17, 15) is 14.7 Å². The highest BCUT2D eigenvalue weighted by Crippen LogP contribution is 2.22. The van der Waals surface area contributed by atoms with E-state index in [1.807, 2.05) is 0 Å². The van der Waals surface area contributed by atoms with Crippen LogP contribution in [0.2, 0.25) is 0 Å². The fourth-order valence-electron chi connectivity index (χ4n) is 1.83. The molecule has 0 aliphatic heterocycles. The highest BCUT2D eigenvalue weighted by Gasteiger charge is 2.09. The zero-order chi connectivity index (χ0) is 14.3. The third kappa shape index (κ3) is 5.12. The zero-order valence-electron chi connectivity index (χ0n) is 11.5. The number of phenolic OH excluding ortho intramolecular Hbond substituents is 1. The summed E-state index contributed by atoms with van der Waals surface area (Å²) in [6.07, 6.45) is 4.69. The van der Waals surface area contributed by atoms with Crippen molar-refractivity contribution in [2.24, 2.45) is 0 Å². The number of benzene rings is 1. The summed E-state index contributed by atoms with van der Waals surface area (Å²) in [6.45, 7) is 3.51. The number of Topliss-reactive ketones (excluding diaryl/α,β-unsaturated/α-hetero) is 1. The molecule has 0 saturated heterocycles. The smallest absolute Gasteiger partial charge is 0.224 e. The largest absolute Gasteiger partial charge is 0.507 e. The van der Waals surface area contributed by atoms with E-state index in [0.717, 1.165) is 25.7 Å². The number of ketones is 1. The monoisotopic (exact) mass is 263 g/mol. The second kappa shape index (κ2) is 7.56. The number of anilines is 1. The molecule has 4 nitrogen and oxygen atoms in total. The molecule has 1 rings (SSSR count). The number of phenols is 1. The van der Waals surface area contributed by atoms with E-state index in [-0.39, 0.29) is 23.0 Å². The molecule has 1 aromatic rings. The first-order chi connectivity index (χ1) is 9.04. The van der Waals surface area contributed by atoms with Crippen LogP contribution in [0.5, 0.6) is 5.75 Å². The molecule has 0 radical (unpaired) electrons. The number of nitrogens with one attached hydrogen (secondary N) is 1. The van der Waals surface area contributed by atoms with Crippen LogP contribution >= 0.6 is 0 Å². The molecule has 19 heavy (non-hydrogen) atoms. The molecule has 0 spiro atoms. The fourth-order valence-corrected chi connectivity index (χ4v) is 1.83. The minimum atomic E-state index is -0.225. The van der Waals surface area contributed by atoms with Crippen LogP contribution in [0.15, 0.2) is 18.2 Å². The van der Waals surface area contributed by atoms with E-state index in [1.54, 1.807) is 6.07 Å². The third-order valence-corrected chi connectivity index (χ3v) is 2.92. The van der Waals surface area contributed by atoms with Gasteiger partial charge in [0.05, 0.1) is 5.56 Å². The van der Waals surface area contributed by atoms with E-state index in [2.05, 4.69) is 12.2 Å². The summed E-state index contributed by atoms with van der Waals surface area (Å²) >= 11 is 0. The lowest BCUT2D eigenvalue weighted by atomic mass is 10.1. The third-order valence-electron chi connectivity index (χ3n) is 2.92. The summed E-state index contributed by atoms with van der Waals surface area (Å²) in [5, 5.41) is 12.2. The van der Waals surface area contributed by atoms with Gasteiger partial charge in [-0.05, 0) is 31.5 Å². The van der Waals surface area contributed by atoms with Gasteiger partial charge in [0, 0.05) is 12.1 Å². The Kier molecular flexibility index (Phi) is 6.06. The van der Waals surface area contributed by atoms with Crippen LogP contribution < -0.4 is 5.32 Å². The number of carbonyl (C=O) groups excluding carboxylic acids is 2. The topological polar surface area (TPSA) is 66.4 Å². The zero-order valence-corrected chi connectivity index (χ0v) is 11.5. The van der Waals surface area contributed by atoms with Crippen LogP contribution in [0.25, 0.3) is 0 Å². The number of hydrogen-bond donors (Lipinski definition) is 2. The first-order valence-electron chi connectivity index (χ1n) is 6.68. The molecule has 0 aliphatic carbocycles. The maximum absolute atomic E-state index is 11.7. The standard InChI is InChI=1S/C15H21NO3/c1-3-4-5-6-7-15(19)16-12-8-9-14(18)13(10-12)11(2)17/h8-10,18H,3-7H2,1-2H3,(H,16,19). The van der Waals surface area contributed by atoms with Gasteiger partial charge < -0.3 is 10.4 Å². The normalized spacial score (nSPS) is 10.2. The van der Waals surface area contributed by atoms with Gasteiger partial charge in [-0.25, -0.2) is 0 Å². The SMILES string of the molecule is CCCCCCC(=O)Nc1ccc(O)c(C(C)=O)c1. The minimum Gasteiger partial charge on any atom is -0.507 e. The fraction of sp³-hybridized carbons (Fsp3) is 0.467. The average Bonchev–Trinajstić information content (AvgIpc) is 2.36. The quantitative estimate of drug-likeness (QED) is 0.449. The molecule has 0 bridgehead atoms. The predicted molar refractivity (Wildman–Crippen MR) is 75.5 cm³/mol. The van der Waals surface area contributed by atoms with Crippen molar-refractivity contribution in [2.45, 2.75) is 46.0 Å². The van der Waals surface area contributed by atoms with Gasteiger partial charge in [-0.2, -0.15) is 0 Å². The van der Waals surface area contributed by atoms with Gasteiger partial charge in [0.1, 0.15) is 5.75 Å². The van der Waals surface area contributed by atoms with E-state index in [1.165, 1.54) is 19.1 Å². The van der Waals surface area contributed by atoms with Crippen LogP contribution in [-0.4, -0.2) is 16.8 Å². The maximum Gasteiger partial charge on any atom is 0.224 e. The van der Waals surface area contributed by atoms with E-state index >= 15 is 0 Å². The van der Waals surface area contributed by atoms with Gasteiger partial charge in [-0.1, -0.05) is 26.2 Å². The van der Waals surface area contributed by atoms with Crippen molar-refractivity contribution in [1.29, 1.82) is 0 Å². The first kappa shape index (κ1) is 15.2. The van der Waals surface area contributed by atoms with Gasteiger partial charge in [0.2, 0.25) is 5.91 Å².